The van der Waals surface area contributed by atoms with Gasteiger partial charge in [0.1, 0.15) is 11.3 Å². The first-order valence-corrected chi connectivity index (χ1v) is 9.76. The monoisotopic (exact) mass is 359 g/mol. The summed E-state index contributed by atoms with van der Waals surface area (Å²) >= 11 is 0. The Bertz CT molecular complexity index is 631. The summed E-state index contributed by atoms with van der Waals surface area (Å²) in [4.78, 5) is 24.5. The second kappa shape index (κ2) is 8.56. The number of hydrogen-bond donors (Lipinski definition) is 1. The van der Waals surface area contributed by atoms with Gasteiger partial charge < -0.3 is 14.8 Å². The summed E-state index contributed by atoms with van der Waals surface area (Å²) in [6.45, 7) is 0. The normalized spacial score (nSPS) is 19.3. The molecule has 5 heteroatoms. The van der Waals surface area contributed by atoms with Gasteiger partial charge in [0, 0.05) is 6.42 Å². The number of carbonyl (C=O) groups excluding carboxylic acids is 2. The molecule has 0 bridgehead atoms. The van der Waals surface area contributed by atoms with Crippen LogP contribution < -0.4 is 10.1 Å². The lowest BCUT2D eigenvalue weighted by atomic mass is 9.97. The molecular weight excluding hydrogens is 330 g/mol. The summed E-state index contributed by atoms with van der Waals surface area (Å²) in [6, 6.07) is 7.99. The van der Waals surface area contributed by atoms with Crippen molar-refractivity contribution in [2.75, 3.05) is 7.11 Å². The first kappa shape index (κ1) is 18.7. The van der Waals surface area contributed by atoms with Gasteiger partial charge in [0.05, 0.1) is 13.2 Å². The van der Waals surface area contributed by atoms with Crippen LogP contribution in [0.1, 0.15) is 63.4 Å². The Hall–Kier alpha value is -2.04. The minimum absolute atomic E-state index is 0.0978. The molecule has 2 aliphatic rings. The number of nitrogens with one attached hydrogen (secondary N) is 1. The maximum atomic E-state index is 12.4. The molecule has 1 aromatic rings. The van der Waals surface area contributed by atoms with Gasteiger partial charge in [0.25, 0.3) is 0 Å². The van der Waals surface area contributed by atoms with Crippen LogP contribution in [0.15, 0.2) is 24.3 Å². The van der Waals surface area contributed by atoms with E-state index in [0.29, 0.717) is 31.8 Å². The maximum Gasteiger partial charge on any atom is 0.331 e. The molecule has 0 spiro atoms. The molecule has 2 fully saturated rings. The summed E-state index contributed by atoms with van der Waals surface area (Å²) < 4.78 is 10.9. The van der Waals surface area contributed by atoms with Gasteiger partial charge >= 0.3 is 5.97 Å². The zero-order valence-electron chi connectivity index (χ0n) is 15.6. The Kier molecular flexibility index (Phi) is 6.17. The molecule has 0 aromatic heterocycles. The van der Waals surface area contributed by atoms with Crippen molar-refractivity contribution < 1.29 is 19.1 Å². The number of rotatable bonds is 7. The highest BCUT2D eigenvalue weighted by molar-refractivity contribution is 5.88. The summed E-state index contributed by atoms with van der Waals surface area (Å²) in [5.74, 6) is 0.464. The van der Waals surface area contributed by atoms with Crippen molar-refractivity contribution >= 4 is 11.9 Å². The van der Waals surface area contributed by atoms with Crippen LogP contribution in [0.2, 0.25) is 0 Å². The highest BCUT2D eigenvalue weighted by Gasteiger charge is 2.43. The number of carbonyl (C=O) groups is 2. The van der Waals surface area contributed by atoms with E-state index in [1.807, 2.05) is 24.3 Å². The average molecular weight is 359 g/mol. The predicted octanol–water partition coefficient (Wildman–Crippen LogP) is 3.54. The van der Waals surface area contributed by atoms with Crippen molar-refractivity contribution in [3.05, 3.63) is 29.8 Å². The van der Waals surface area contributed by atoms with Gasteiger partial charge in [0.2, 0.25) is 5.91 Å². The largest absolute Gasteiger partial charge is 0.490 e. The molecule has 142 valence electrons. The Balaban J connectivity index is 1.53. The molecule has 1 amide bonds. The fourth-order valence-electron chi connectivity index (χ4n) is 4.11. The minimum atomic E-state index is -0.820. The van der Waals surface area contributed by atoms with E-state index < -0.39 is 5.54 Å². The Labute approximate surface area is 155 Å². The van der Waals surface area contributed by atoms with E-state index in [4.69, 9.17) is 9.47 Å². The molecular formula is C21H29NO4. The van der Waals surface area contributed by atoms with Crippen LogP contribution in [0.3, 0.4) is 0 Å². The lowest BCUT2D eigenvalue weighted by Crippen LogP contribution is -2.53. The summed E-state index contributed by atoms with van der Waals surface area (Å²) in [5, 5.41) is 2.94. The van der Waals surface area contributed by atoms with E-state index in [1.54, 1.807) is 0 Å². The van der Waals surface area contributed by atoms with Crippen LogP contribution in [-0.2, 0) is 20.7 Å². The molecule has 0 atom stereocenters. The van der Waals surface area contributed by atoms with Gasteiger partial charge in [-0.15, -0.1) is 0 Å². The molecule has 3 rings (SSSR count). The lowest BCUT2D eigenvalue weighted by Gasteiger charge is -2.27. The van der Waals surface area contributed by atoms with Crippen molar-refractivity contribution in [2.24, 2.45) is 0 Å². The van der Waals surface area contributed by atoms with E-state index in [0.717, 1.165) is 37.0 Å². The number of aryl methyl sites for hydroxylation is 1. The van der Waals surface area contributed by atoms with E-state index >= 15 is 0 Å². The zero-order valence-corrected chi connectivity index (χ0v) is 15.6. The molecule has 5 nitrogen and oxygen atoms in total. The fourth-order valence-corrected chi connectivity index (χ4v) is 4.11. The number of benzene rings is 1. The van der Waals surface area contributed by atoms with Gasteiger partial charge in [-0.2, -0.15) is 0 Å². The third-order valence-electron chi connectivity index (χ3n) is 5.56. The summed E-state index contributed by atoms with van der Waals surface area (Å²) in [7, 11) is 1.38. The first-order valence-electron chi connectivity index (χ1n) is 9.76. The smallest absolute Gasteiger partial charge is 0.331 e. The Morgan fingerprint density at radius 3 is 2.58 bits per heavy atom. The highest BCUT2D eigenvalue weighted by atomic mass is 16.5. The van der Waals surface area contributed by atoms with E-state index in [1.165, 1.54) is 20.0 Å². The molecule has 26 heavy (non-hydrogen) atoms. The first-order chi connectivity index (χ1) is 12.6. The van der Waals surface area contributed by atoms with Crippen molar-refractivity contribution in [3.8, 4) is 5.75 Å². The molecule has 2 aliphatic carbocycles. The Morgan fingerprint density at radius 1 is 1.15 bits per heavy atom. The molecule has 1 N–H and O–H groups in total. The fraction of sp³-hybridized carbons (Fsp3) is 0.619. The van der Waals surface area contributed by atoms with Crippen LogP contribution in [0.25, 0.3) is 0 Å². The van der Waals surface area contributed by atoms with E-state index in [-0.39, 0.29) is 11.9 Å². The Morgan fingerprint density at radius 2 is 1.88 bits per heavy atom. The number of hydrogen-bond acceptors (Lipinski definition) is 4. The second-order valence-corrected chi connectivity index (χ2v) is 7.50. The van der Waals surface area contributed by atoms with E-state index in [9.17, 15) is 9.59 Å². The van der Waals surface area contributed by atoms with Gasteiger partial charge in [-0.25, -0.2) is 4.79 Å². The predicted molar refractivity (Wildman–Crippen MR) is 99.0 cm³/mol. The van der Waals surface area contributed by atoms with Crippen molar-refractivity contribution in [2.45, 2.75) is 75.9 Å². The molecule has 0 saturated heterocycles. The van der Waals surface area contributed by atoms with Crippen LogP contribution in [0.4, 0.5) is 0 Å². The maximum absolute atomic E-state index is 12.4. The van der Waals surface area contributed by atoms with Gasteiger partial charge in [0.15, 0.2) is 0 Å². The van der Waals surface area contributed by atoms with E-state index in [2.05, 4.69) is 5.32 Å². The lowest BCUT2D eigenvalue weighted by molar-refractivity contribution is -0.150. The minimum Gasteiger partial charge on any atom is -0.490 e. The van der Waals surface area contributed by atoms with Crippen LogP contribution >= 0.6 is 0 Å². The SMILES string of the molecule is COC(=O)C1(NC(=O)CCc2cccc(OC3CCCC3)c2)CCCC1. The second-order valence-electron chi connectivity index (χ2n) is 7.50. The molecule has 2 saturated carbocycles. The molecule has 0 radical (unpaired) electrons. The van der Waals surface area contributed by atoms with Gasteiger partial charge in [-0.3, -0.25) is 4.79 Å². The van der Waals surface area contributed by atoms with Crippen molar-refractivity contribution in [1.82, 2.24) is 5.32 Å². The van der Waals surface area contributed by atoms with Crippen LogP contribution in [-0.4, -0.2) is 30.6 Å². The highest BCUT2D eigenvalue weighted by Crippen LogP contribution is 2.31. The number of amides is 1. The number of esters is 1. The number of methoxy groups -OCH3 is 1. The third-order valence-corrected chi connectivity index (χ3v) is 5.56. The summed E-state index contributed by atoms with van der Waals surface area (Å²) in [6.07, 6.45) is 9.26. The van der Waals surface area contributed by atoms with Gasteiger partial charge in [-0.05, 0) is 62.6 Å². The zero-order chi connectivity index (χ0) is 18.4. The average Bonchev–Trinajstić information content (AvgIpc) is 3.32. The topological polar surface area (TPSA) is 64.6 Å². The molecule has 0 heterocycles. The number of ether oxygens (including phenoxy) is 2. The molecule has 0 unspecified atom stereocenters. The third kappa shape index (κ3) is 4.57. The standard InChI is InChI=1S/C21H29NO4/c1-25-20(24)21(13-4-5-14-21)22-19(23)12-11-16-7-6-10-18(15-16)26-17-8-2-3-9-17/h6-7,10,15,17H,2-5,8-9,11-14H2,1H3,(H,22,23). The molecule has 0 aliphatic heterocycles. The molecule has 1 aromatic carbocycles. The quantitative estimate of drug-likeness (QED) is 0.756. The van der Waals surface area contributed by atoms with Gasteiger partial charge in [-0.1, -0.05) is 25.0 Å². The van der Waals surface area contributed by atoms with Crippen molar-refractivity contribution in [3.63, 3.8) is 0 Å². The van der Waals surface area contributed by atoms with Crippen LogP contribution in [0.5, 0.6) is 5.75 Å². The van der Waals surface area contributed by atoms with Crippen LogP contribution in [0, 0.1) is 0 Å². The summed E-state index contributed by atoms with van der Waals surface area (Å²) in [5.41, 5.74) is 0.258. The van der Waals surface area contributed by atoms with Crippen molar-refractivity contribution in [1.29, 1.82) is 0 Å².